The maximum absolute atomic E-state index is 8.85. The molecule has 0 aromatic rings. The van der Waals surface area contributed by atoms with Crippen LogP contribution >= 0.6 is 0 Å². The highest BCUT2D eigenvalue weighted by atomic mass is 14.5. The van der Waals surface area contributed by atoms with Crippen LogP contribution in [0.2, 0.25) is 0 Å². The quantitative estimate of drug-likeness (QED) is 0.567. The fourth-order valence-corrected chi connectivity index (χ4v) is 1.85. The van der Waals surface area contributed by atoms with Crippen molar-refractivity contribution in [1.82, 2.24) is 0 Å². The van der Waals surface area contributed by atoms with Crippen LogP contribution in [0.3, 0.4) is 0 Å². The van der Waals surface area contributed by atoms with Gasteiger partial charge in [0, 0.05) is 0 Å². The van der Waals surface area contributed by atoms with E-state index >= 15 is 0 Å². The molecule has 0 bridgehead atoms. The van der Waals surface area contributed by atoms with E-state index in [9.17, 15) is 0 Å². The normalized spacial score (nSPS) is 35.7. The topological polar surface area (TPSA) is 95.2 Å². The van der Waals surface area contributed by atoms with E-state index in [1.807, 2.05) is 24.3 Å². The molecule has 4 unspecified atom stereocenters. The predicted molar refractivity (Wildman–Crippen MR) is 45.6 cm³/mol. The molecule has 0 aromatic carbocycles. The van der Waals surface area contributed by atoms with Gasteiger partial charge in [-0.1, -0.05) is 0 Å². The Kier molecular flexibility index (Phi) is 3.06. The zero-order valence-electron chi connectivity index (χ0n) is 7.51. The van der Waals surface area contributed by atoms with Crippen LogP contribution in [0.15, 0.2) is 0 Å². The lowest BCUT2D eigenvalue weighted by molar-refractivity contribution is 0.241. The van der Waals surface area contributed by atoms with E-state index in [4.69, 9.17) is 21.0 Å². The zero-order chi connectivity index (χ0) is 10.6. The van der Waals surface area contributed by atoms with Crippen molar-refractivity contribution in [3.8, 4) is 24.3 Å². The third-order valence-electron chi connectivity index (χ3n) is 2.67. The maximum atomic E-state index is 8.85. The van der Waals surface area contributed by atoms with E-state index in [1.54, 1.807) is 0 Å². The van der Waals surface area contributed by atoms with E-state index in [0.717, 1.165) is 0 Å². The molecule has 0 aromatic heterocycles. The first-order valence-corrected chi connectivity index (χ1v) is 4.37. The molecular formula is C10H8N4. The Labute approximate surface area is 82.6 Å². The molecule has 0 amide bonds. The minimum Gasteiger partial charge on any atom is -0.198 e. The predicted octanol–water partition coefficient (Wildman–Crippen LogP) is 1.34. The van der Waals surface area contributed by atoms with E-state index < -0.39 is 23.7 Å². The average molecular weight is 184 g/mol. The van der Waals surface area contributed by atoms with Crippen molar-refractivity contribution in [2.75, 3.05) is 0 Å². The maximum Gasteiger partial charge on any atom is 0.0792 e. The second kappa shape index (κ2) is 4.27. The lowest BCUT2D eigenvalue weighted by Gasteiger charge is -2.29. The summed E-state index contributed by atoms with van der Waals surface area (Å²) in [6.07, 6.45) is 1.09. The molecule has 1 aliphatic carbocycles. The Morgan fingerprint density at radius 3 is 1.21 bits per heavy atom. The molecule has 4 atom stereocenters. The molecule has 0 aliphatic heterocycles. The molecule has 0 radical (unpaired) electrons. The number of nitrogens with zero attached hydrogens (tertiary/aromatic N) is 4. The third kappa shape index (κ3) is 1.52. The lowest BCUT2D eigenvalue weighted by Crippen LogP contribution is -2.31. The summed E-state index contributed by atoms with van der Waals surface area (Å²) in [6, 6.07) is 8.01. The van der Waals surface area contributed by atoms with Crippen molar-refractivity contribution in [3.05, 3.63) is 0 Å². The van der Waals surface area contributed by atoms with Crippen LogP contribution in [-0.2, 0) is 0 Å². The van der Waals surface area contributed by atoms with Crippen LogP contribution in [0.1, 0.15) is 12.8 Å². The molecular weight excluding hydrogens is 176 g/mol. The first-order valence-electron chi connectivity index (χ1n) is 4.37. The van der Waals surface area contributed by atoms with Crippen LogP contribution in [-0.4, -0.2) is 0 Å². The number of rotatable bonds is 0. The van der Waals surface area contributed by atoms with Gasteiger partial charge < -0.3 is 0 Å². The summed E-state index contributed by atoms with van der Waals surface area (Å²) in [7, 11) is 0. The van der Waals surface area contributed by atoms with Crippen LogP contribution in [0.5, 0.6) is 0 Å². The van der Waals surface area contributed by atoms with Crippen LogP contribution in [0, 0.1) is 69.0 Å². The summed E-state index contributed by atoms with van der Waals surface area (Å²) in [5.74, 6) is -2.00. The van der Waals surface area contributed by atoms with Gasteiger partial charge in [0.15, 0.2) is 0 Å². The summed E-state index contributed by atoms with van der Waals surface area (Å²) in [5, 5.41) is 35.2. The van der Waals surface area contributed by atoms with Gasteiger partial charge in [-0.2, -0.15) is 21.0 Å². The zero-order valence-corrected chi connectivity index (χ0v) is 7.51. The molecule has 1 aliphatic rings. The van der Waals surface area contributed by atoms with Gasteiger partial charge in [0.25, 0.3) is 0 Å². The molecule has 1 fully saturated rings. The van der Waals surface area contributed by atoms with Crippen molar-refractivity contribution in [1.29, 1.82) is 21.0 Å². The van der Waals surface area contributed by atoms with Gasteiger partial charge in [0.2, 0.25) is 0 Å². The van der Waals surface area contributed by atoms with Gasteiger partial charge in [-0.25, -0.2) is 0 Å². The van der Waals surface area contributed by atoms with Crippen LogP contribution in [0.25, 0.3) is 0 Å². The fraction of sp³-hybridized carbons (Fsp3) is 0.600. The SMILES string of the molecule is N#CC1CCC(C#N)C(C#N)C1C#N. The molecule has 4 nitrogen and oxygen atoms in total. The second-order valence-electron chi connectivity index (χ2n) is 3.36. The highest BCUT2D eigenvalue weighted by Crippen LogP contribution is 2.37. The van der Waals surface area contributed by atoms with Crippen molar-refractivity contribution >= 4 is 0 Å². The summed E-state index contributed by atoms with van der Waals surface area (Å²) in [4.78, 5) is 0. The monoisotopic (exact) mass is 184 g/mol. The molecule has 1 saturated carbocycles. The molecule has 4 heteroatoms. The second-order valence-corrected chi connectivity index (χ2v) is 3.36. The molecule has 0 saturated heterocycles. The van der Waals surface area contributed by atoms with Crippen LogP contribution < -0.4 is 0 Å². The largest absolute Gasteiger partial charge is 0.198 e. The Hall–Kier alpha value is -2.04. The first-order chi connectivity index (χ1) is 6.78. The van der Waals surface area contributed by atoms with Gasteiger partial charge >= 0.3 is 0 Å². The molecule has 14 heavy (non-hydrogen) atoms. The van der Waals surface area contributed by atoms with E-state index in [0.29, 0.717) is 12.8 Å². The van der Waals surface area contributed by atoms with Crippen molar-refractivity contribution in [2.24, 2.45) is 23.7 Å². The van der Waals surface area contributed by atoms with Gasteiger partial charge in [-0.05, 0) is 12.8 Å². The number of hydrogen-bond acceptors (Lipinski definition) is 4. The van der Waals surface area contributed by atoms with E-state index in [1.165, 1.54) is 0 Å². The lowest BCUT2D eigenvalue weighted by atomic mass is 9.68. The van der Waals surface area contributed by atoms with Crippen molar-refractivity contribution in [3.63, 3.8) is 0 Å². The number of hydrogen-bond donors (Lipinski definition) is 0. The molecule has 68 valence electrons. The summed E-state index contributed by atoms with van der Waals surface area (Å²) < 4.78 is 0. The number of nitriles is 4. The Bertz CT molecular complexity index is 335. The highest BCUT2D eigenvalue weighted by molar-refractivity contribution is 5.14. The van der Waals surface area contributed by atoms with Crippen LogP contribution in [0.4, 0.5) is 0 Å². The van der Waals surface area contributed by atoms with Gasteiger partial charge in [0.05, 0.1) is 47.9 Å². The smallest absolute Gasteiger partial charge is 0.0792 e. The Balaban J connectivity index is 2.95. The minimum atomic E-state index is -0.608. The molecule has 0 spiro atoms. The summed E-state index contributed by atoms with van der Waals surface area (Å²) in [5.41, 5.74) is 0. The summed E-state index contributed by atoms with van der Waals surface area (Å²) in [6.45, 7) is 0. The Morgan fingerprint density at radius 2 is 1.00 bits per heavy atom. The average Bonchev–Trinajstić information content (AvgIpc) is 2.26. The molecule has 1 rings (SSSR count). The van der Waals surface area contributed by atoms with Gasteiger partial charge in [-0.15, -0.1) is 0 Å². The molecule has 0 heterocycles. The fourth-order valence-electron chi connectivity index (χ4n) is 1.85. The van der Waals surface area contributed by atoms with E-state index in [-0.39, 0.29) is 0 Å². The minimum absolute atomic E-state index is 0.394. The van der Waals surface area contributed by atoms with Gasteiger partial charge in [0.1, 0.15) is 0 Å². The molecule has 0 N–H and O–H groups in total. The Morgan fingerprint density at radius 1 is 0.643 bits per heavy atom. The van der Waals surface area contributed by atoms with E-state index in [2.05, 4.69) is 0 Å². The highest BCUT2D eigenvalue weighted by Gasteiger charge is 2.40. The summed E-state index contributed by atoms with van der Waals surface area (Å²) >= 11 is 0. The third-order valence-corrected chi connectivity index (χ3v) is 2.67. The standard InChI is InChI=1S/C10H8N4/c11-3-7-1-2-8(4-12)10(6-14)9(7)5-13/h7-10H,1-2H2. The van der Waals surface area contributed by atoms with Crippen molar-refractivity contribution in [2.45, 2.75) is 12.8 Å². The van der Waals surface area contributed by atoms with Gasteiger partial charge in [-0.3, -0.25) is 0 Å². The first kappa shape index (κ1) is 10.0. The van der Waals surface area contributed by atoms with Crippen molar-refractivity contribution < 1.29 is 0 Å².